The molecule has 0 aliphatic rings. The van der Waals surface area contributed by atoms with Crippen molar-refractivity contribution in [2.24, 2.45) is 0 Å². The molecule has 0 amide bonds. The van der Waals surface area contributed by atoms with Crippen LogP contribution in [0.15, 0.2) is 27.1 Å². The van der Waals surface area contributed by atoms with Gasteiger partial charge in [-0.25, -0.2) is 0 Å². The van der Waals surface area contributed by atoms with Gasteiger partial charge in [-0.1, -0.05) is 18.5 Å². The zero-order valence-corrected chi connectivity index (χ0v) is 12.3. The first-order valence-corrected chi connectivity index (χ1v) is 6.86. The van der Waals surface area contributed by atoms with Gasteiger partial charge in [-0.2, -0.15) is 0 Å². The minimum atomic E-state index is 0.513. The molecular weight excluding hydrogens is 318 g/mol. The first-order chi connectivity index (χ1) is 8.70. The van der Waals surface area contributed by atoms with E-state index in [9.17, 15) is 0 Å². The Bertz CT molecular complexity index is 530. The van der Waals surface area contributed by atoms with Gasteiger partial charge in [0.1, 0.15) is 0 Å². The first kappa shape index (κ1) is 13.5. The molecular formula is C12H13BrClN3O. The van der Waals surface area contributed by atoms with Crippen LogP contribution in [0.25, 0.3) is 11.5 Å². The van der Waals surface area contributed by atoms with Crippen molar-refractivity contribution in [1.29, 1.82) is 0 Å². The number of benzene rings is 1. The van der Waals surface area contributed by atoms with Crippen molar-refractivity contribution in [3.05, 3.63) is 33.6 Å². The molecule has 2 aromatic rings. The van der Waals surface area contributed by atoms with Crippen molar-refractivity contribution in [3.8, 4) is 11.5 Å². The molecule has 4 nitrogen and oxygen atoms in total. The van der Waals surface area contributed by atoms with E-state index in [1.165, 1.54) is 0 Å². The average Bonchev–Trinajstić information content (AvgIpc) is 2.82. The van der Waals surface area contributed by atoms with Gasteiger partial charge in [-0.05, 0) is 40.7 Å². The Hall–Kier alpha value is -0.910. The third kappa shape index (κ3) is 3.31. The van der Waals surface area contributed by atoms with E-state index < -0.39 is 0 Å². The monoisotopic (exact) mass is 329 g/mol. The quantitative estimate of drug-likeness (QED) is 0.855. The van der Waals surface area contributed by atoms with Gasteiger partial charge < -0.3 is 9.73 Å². The first-order valence-electron chi connectivity index (χ1n) is 5.69. The highest BCUT2D eigenvalue weighted by Crippen LogP contribution is 2.28. The van der Waals surface area contributed by atoms with Crippen LogP contribution in [0.3, 0.4) is 0 Å². The summed E-state index contributed by atoms with van der Waals surface area (Å²) in [5.74, 6) is 1.15. The maximum Gasteiger partial charge on any atom is 0.247 e. The molecule has 0 aliphatic carbocycles. The smallest absolute Gasteiger partial charge is 0.247 e. The molecule has 1 aromatic heterocycles. The lowest BCUT2D eigenvalue weighted by molar-refractivity contribution is 0.496. The summed E-state index contributed by atoms with van der Waals surface area (Å²) in [5, 5.41) is 11.9. The van der Waals surface area contributed by atoms with Gasteiger partial charge in [0.25, 0.3) is 0 Å². The number of hydrogen-bond donors (Lipinski definition) is 1. The Morgan fingerprint density at radius 1 is 1.39 bits per heavy atom. The third-order valence-corrected chi connectivity index (χ3v) is 3.61. The van der Waals surface area contributed by atoms with E-state index in [1.807, 2.05) is 12.1 Å². The predicted octanol–water partition coefficient (Wildman–Crippen LogP) is 3.30. The number of halogens is 2. The topological polar surface area (TPSA) is 51.0 Å². The second-order valence-electron chi connectivity index (χ2n) is 3.73. The molecule has 0 bridgehead atoms. The van der Waals surface area contributed by atoms with Crippen LogP contribution in [0.5, 0.6) is 0 Å². The van der Waals surface area contributed by atoms with Gasteiger partial charge >= 0.3 is 0 Å². The summed E-state index contributed by atoms with van der Waals surface area (Å²) in [6.45, 7) is 3.83. The number of nitrogens with zero attached hydrogens (tertiary/aromatic N) is 2. The maximum absolute atomic E-state index is 5.94. The van der Waals surface area contributed by atoms with Gasteiger partial charge in [-0.3, -0.25) is 0 Å². The van der Waals surface area contributed by atoms with Gasteiger partial charge in [0.05, 0.1) is 5.02 Å². The average molecular weight is 331 g/mol. The summed E-state index contributed by atoms with van der Waals surface area (Å²) in [6, 6.07) is 5.52. The van der Waals surface area contributed by atoms with Crippen molar-refractivity contribution in [2.45, 2.75) is 13.3 Å². The molecule has 1 aromatic carbocycles. The Morgan fingerprint density at radius 3 is 2.94 bits per heavy atom. The van der Waals surface area contributed by atoms with Gasteiger partial charge in [0.2, 0.25) is 11.8 Å². The SMILES string of the molecule is CCNCCc1nnc(-c2ccc(Cl)c(Br)c2)o1. The summed E-state index contributed by atoms with van der Waals surface area (Å²) < 4.78 is 6.40. The van der Waals surface area contributed by atoms with Crippen LogP contribution in [-0.2, 0) is 6.42 Å². The van der Waals surface area contributed by atoms with E-state index in [2.05, 4.69) is 38.4 Å². The van der Waals surface area contributed by atoms with Crippen LogP contribution < -0.4 is 5.32 Å². The van der Waals surface area contributed by atoms with Gasteiger partial charge in [0, 0.05) is 23.0 Å². The van der Waals surface area contributed by atoms with E-state index in [-0.39, 0.29) is 0 Å². The van der Waals surface area contributed by atoms with Crippen LogP contribution in [0, 0.1) is 0 Å². The molecule has 0 saturated carbocycles. The second kappa shape index (κ2) is 6.31. The highest BCUT2D eigenvalue weighted by atomic mass is 79.9. The Balaban J connectivity index is 2.11. The van der Waals surface area contributed by atoms with Crippen molar-refractivity contribution in [1.82, 2.24) is 15.5 Å². The lowest BCUT2D eigenvalue weighted by Crippen LogP contribution is -2.16. The van der Waals surface area contributed by atoms with Crippen LogP contribution in [0.2, 0.25) is 5.02 Å². The molecule has 0 spiro atoms. The standard InChI is InChI=1S/C12H13BrClN3O/c1-2-15-6-5-11-16-17-12(18-11)8-3-4-10(14)9(13)7-8/h3-4,7,15H,2,5-6H2,1H3. The molecule has 0 aliphatic heterocycles. The van der Waals surface area contributed by atoms with Crippen molar-refractivity contribution < 1.29 is 4.42 Å². The molecule has 2 rings (SSSR count). The number of aromatic nitrogens is 2. The lowest BCUT2D eigenvalue weighted by atomic mass is 10.2. The zero-order valence-electron chi connectivity index (χ0n) is 9.91. The van der Waals surface area contributed by atoms with E-state index >= 15 is 0 Å². The molecule has 6 heteroatoms. The number of hydrogen-bond acceptors (Lipinski definition) is 4. The van der Waals surface area contributed by atoms with E-state index in [0.717, 1.165) is 29.5 Å². The van der Waals surface area contributed by atoms with Crippen molar-refractivity contribution >= 4 is 27.5 Å². The van der Waals surface area contributed by atoms with Crippen LogP contribution >= 0.6 is 27.5 Å². The summed E-state index contributed by atoms with van der Waals surface area (Å²) in [4.78, 5) is 0. The molecule has 0 unspecified atom stereocenters. The molecule has 0 fully saturated rings. The number of rotatable bonds is 5. The van der Waals surface area contributed by atoms with E-state index in [0.29, 0.717) is 16.8 Å². The molecule has 0 saturated heterocycles. The molecule has 1 N–H and O–H groups in total. The fourth-order valence-electron chi connectivity index (χ4n) is 1.47. The minimum Gasteiger partial charge on any atom is -0.421 e. The largest absolute Gasteiger partial charge is 0.421 e. The Kier molecular flexibility index (Phi) is 4.74. The maximum atomic E-state index is 5.94. The number of likely N-dealkylation sites (N-methyl/N-ethyl adjacent to an activating group) is 1. The lowest BCUT2D eigenvalue weighted by Gasteiger charge is -1.98. The molecule has 1 heterocycles. The molecule has 0 atom stereocenters. The van der Waals surface area contributed by atoms with Crippen molar-refractivity contribution in [3.63, 3.8) is 0 Å². The van der Waals surface area contributed by atoms with Crippen LogP contribution in [0.4, 0.5) is 0 Å². The predicted molar refractivity (Wildman–Crippen MR) is 74.7 cm³/mol. The van der Waals surface area contributed by atoms with Gasteiger partial charge in [-0.15, -0.1) is 10.2 Å². The molecule has 96 valence electrons. The summed E-state index contributed by atoms with van der Waals surface area (Å²) in [7, 11) is 0. The van der Waals surface area contributed by atoms with Gasteiger partial charge in [0.15, 0.2) is 0 Å². The third-order valence-electron chi connectivity index (χ3n) is 2.40. The van der Waals surface area contributed by atoms with Crippen LogP contribution in [-0.4, -0.2) is 23.3 Å². The highest BCUT2D eigenvalue weighted by molar-refractivity contribution is 9.10. The molecule has 0 radical (unpaired) electrons. The fraction of sp³-hybridized carbons (Fsp3) is 0.333. The summed E-state index contributed by atoms with van der Waals surface area (Å²) in [5.41, 5.74) is 0.855. The van der Waals surface area contributed by atoms with Crippen LogP contribution in [0.1, 0.15) is 12.8 Å². The minimum absolute atomic E-state index is 0.513. The second-order valence-corrected chi connectivity index (χ2v) is 4.99. The Morgan fingerprint density at radius 2 is 2.22 bits per heavy atom. The van der Waals surface area contributed by atoms with E-state index in [1.54, 1.807) is 6.07 Å². The normalized spacial score (nSPS) is 10.8. The molecule has 18 heavy (non-hydrogen) atoms. The van der Waals surface area contributed by atoms with Crippen molar-refractivity contribution in [2.75, 3.05) is 13.1 Å². The fourth-order valence-corrected chi connectivity index (χ4v) is 1.97. The summed E-state index contributed by atoms with van der Waals surface area (Å²) >= 11 is 9.31. The Labute approximate surface area is 119 Å². The summed E-state index contributed by atoms with van der Waals surface area (Å²) in [6.07, 6.45) is 0.732. The zero-order chi connectivity index (χ0) is 13.0. The number of nitrogens with one attached hydrogen (secondary N) is 1. The highest BCUT2D eigenvalue weighted by Gasteiger charge is 2.09. The van der Waals surface area contributed by atoms with E-state index in [4.69, 9.17) is 16.0 Å².